The number of epoxide rings is 1. The van der Waals surface area contributed by atoms with E-state index in [1.165, 1.54) is 0 Å². The van der Waals surface area contributed by atoms with Gasteiger partial charge in [-0.2, -0.15) is 0 Å². The van der Waals surface area contributed by atoms with Gasteiger partial charge in [-0.15, -0.1) is 0 Å². The minimum Gasteiger partial charge on any atom is -0.497 e. The van der Waals surface area contributed by atoms with Crippen molar-refractivity contribution < 1.29 is 28.5 Å². The summed E-state index contributed by atoms with van der Waals surface area (Å²) in [6.45, 7) is 0. The van der Waals surface area contributed by atoms with Gasteiger partial charge in [-0.3, -0.25) is 0 Å². The van der Waals surface area contributed by atoms with Crippen molar-refractivity contribution in [3.8, 4) is 17.2 Å². The lowest BCUT2D eigenvalue weighted by Gasteiger charge is -2.28. The number of ether oxygens (including phenoxy) is 5. The van der Waals surface area contributed by atoms with Crippen molar-refractivity contribution in [1.82, 2.24) is 0 Å². The van der Waals surface area contributed by atoms with Crippen LogP contribution in [0.25, 0.3) is 0 Å². The number of hydrogen-bond acceptors (Lipinski definition) is 6. The first kappa shape index (κ1) is 22.3. The van der Waals surface area contributed by atoms with Gasteiger partial charge < -0.3 is 23.7 Å². The fourth-order valence-electron chi connectivity index (χ4n) is 4.66. The molecule has 1 saturated carbocycles. The Balaban J connectivity index is 1.67. The molecule has 3 aromatic carbocycles. The first-order valence-corrected chi connectivity index (χ1v) is 11.4. The maximum atomic E-state index is 13.9. The third-order valence-electron chi connectivity index (χ3n) is 6.86. The van der Waals surface area contributed by atoms with E-state index in [0.29, 0.717) is 11.3 Å². The van der Waals surface area contributed by atoms with Crippen molar-refractivity contribution in [3.05, 3.63) is 89.5 Å². The lowest BCUT2D eigenvalue weighted by atomic mass is 9.77. The van der Waals surface area contributed by atoms with Crippen LogP contribution in [0.3, 0.4) is 0 Å². The van der Waals surface area contributed by atoms with Crippen LogP contribution in [0.2, 0.25) is 0 Å². The minimum atomic E-state index is -1.34. The number of benzene rings is 3. The molecule has 1 saturated heterocycles. The van der Waals surface area contributed by atoms with E-state index in [0.717, 1.165) is 41.9 Å². The van der Waals surface area contributed by atoms with Gasteiger partial charge in [-0.1, -0.05) is 36.4 Å². The predicted octanol–water partition coefficient (Wildman–Crippen LogP) is 4.98. The highest BCUT2D eigenvalue weighted by atomic mass is 16.7. The normalized spacial score (nSPS) is 20.7. The van der Waals surface area contributed by atoms with Crippen LogP contribution >= 0.6 is 0 Å². The molecule has 0 amide bonds. The molecule has 1 aliphatic carbocycles. The zero-order valence-corrected chi connectivity index (χ0v) is 19.6. The zero-order chi connectivity index (χ0) is 23.8. The predicted molar refractivity (Wildman–Crippen MR) is 126 cm³/mol. The Morgan fingerprint density at radius 3 is 1.47 bits per heavy atom. The van der Waals surface area contributed by atoms with Crippen LogP contribution in [0.5, 0.6) is 17.2 Å². The van der Waals surface area contributed by atoms with Gasteiger partial charge in [0.15, 0.2) is 5.60 Å². The van der Waals surface area contributed by atoms with E-state index >= 15 is 0 Å². The first-order chi connectivity index (χ1) is 16.6. The van der Waals surface area contributed by atoms with Crippen LogP contribution in [0.1, 0.15) is 36.0 Å². The molecule has 176 valence electrons. The van der Waals surface area contributed by atoms with Crippen LogP contribution in [-0.4, -0.2) is 33.4 Å². The number of carbonyl (C=O) groups excluding carboxylic acids is 1. The monoisotopic (exact) mass is 460 g/mol. The largest absolute Gasteiger partial charge is 0.497 e. The first-order valence-electron chi connectivity index (χ1n) is 11.4. The average molecular weight is 461 g/mol. The number of carbonyl (C=O) groups is 1. The molecule has 1 atom stereocenters. The van der Waals surface area contributed by atoms with E-state index in [9.17, 15) is 4.79 Å². The van der Waals surface area contributed by atoms with Gasteiger partial charge in [0.25, 0.3) is 0 Å². The quantitative estimate of drug-likeness (QED) is 0.349. The van der Waals surface area contributed by atoms with Crippen LogP contribution in [-0.2, 0) is 25.5 Å². The van der Waals surface area contributed by atoms with Gasteiger partial charge in [0, 0.05) is 0 Å². The Morgan fingerprint density at radius 1 is 0.706 bits per heavy atom. The van der Waals surface area contributed by atoms with E-state index in [1.54, 1.807) is 21.3 Å². The average Bonchev–Trinajstić information content (AvgIpc) is 3.59. The molecule has 2 fully saturated rings. The molecule has 0 radical (unpaired) electrons. The van der Waals surface area contributed by atoms with Crippen molar-refractivity contribution in [1.29, 1.82) is 0 Å². The van der Waals surface area contributed by atoms with E-state index in [1.807, 2.05) is 72.8 Å². The molecule has 2 aliphatic rings. The van der Waals surface area contributed by atoms with Crippen LogP contribution < -0.4 is 14.2 Å². The Hall–Kier alpha value is -3.51. The lowest BCUT2D eigenvalue weighted by molar-refractivity contribution is -0.160. The van der Waals surface area contributed by atoms with Gasteiger partial charge in [0.1, 0.15) is 23.4 Å². The van der Waals surface area contributed by atoms with Gasteiger partial charge in [0.2, 0.25) is 5.60 Å². The molecule has 1 heterocycles. The summed E-state index contributed by atoms with van der Waals surface area (Å²) in [6, 6.07) is 22.6. The molecule has 6 heteroatoms. The van der Waals surface area contributed by atoms with Crippen molar-refractivity contribution in [3.63, 3.8) is 0 Å². The molecule has 0 spiro atoms. The summed E-state index contributed by atoms with van der Waals surface area (Å²) in [6.07, 6.45) is 2.75. The summed E-state index contributed by atoms with van der Waals surface area (Å²) in [5, 5.41) is 0. The number of hydrogen-bond donors (Lipinski definition) is 0. The third kappa shape index (κ3) is 3.41. The minimum absolute atomic E-state index is 0.0729. The second-order valence-corrected chi connectivity index (χ2v) is 8.61. The van der Waals surface area contributed by atoms with Crippen molar-refractivity contribution in [2.45, 2.75) is 36.6 Å². The molecule has 0 N–H and O–H groups in total. The molecule has 5 rings (SSSR count). The maximum absolute atomic E-state index is 13.9. The fraction of sp³-hybridized carbons (Fsp3) is 0.321. The number of methoxy groups -OCH3 is 3. The molecule has 0 aromatic heterocycles. The number of rotatable bonds is 8. The second-order valence-electron chi connectivity index (χ2n) is 8.61. The highest BCUT2D eigenvalue weighted by Gasteiger charge is 2.78. The van der Waals surface area contributed by atoms with Crippen LogP contribution in [0.4, 0.5) is 0 Å². The summed E-state index contributed by atoms with van der Waals surface area (Å²) in [5.74, 6) is 1.77. The van der Waals surface area contributed by atoms with Gasteiger partial charge in [0.05, 0.1) is 21.3 Å². The molecule has 0 bridgehead atoms. The Labute approximate surface area is 199 Å². The third-order valence-corrected chi connectivity index (χ3v) is 6.86. The highest BCUT2D eigenvalue weighted by molar-refractivity contribution is 5.89. The summed E-state index contributed by atoms with van der Waals surface area (Å²) in [7, 11) is 4.86. The summed E-state index contributed by atoms with van der Waals surface area (Å²) in [5.41, 5.74) is -0.0251. The molecule has 6 nitrogen and oxygen atoms in total. The van der Waals surface area contributed by atoms with E-state index < -0.39 is 11.2 Å². The van der Waals surface area contributed by atoms with Crippen LogP contribution in [0.15, 0.2) is 72.8 Å². The summed E-state index contributed by atoms with van der Waals surface area (Å²) >= 11 is 0. The van der Waals surface area contributed by atoms with E-state index in [2.05, 4.69) is 0 Å². The molecule has 34 heavy (non-hydrogen) atoms. The second kappa shape index (κ2) is 8.69. The number of esters is 1. The van der Waals surface area contributed by atoms with E-state index in [4.69, 9.17) is 23.7 Å². The van der Waals surface area contributed by atoms with Crippen molar-refractivity contribution in [2.24, 2.45) is 0 Å². The van der Waals surface area contributed by atoms with Gasteiger partial charge in [-0.25, -0.2) is 4.79 Å². The lowest BCUT2D eigenvalue weighted by Crippen LogP contribution is -2.37. The van der Waals surface area contributed by atoms with Crippen molar-refractivity contribution in [2.75, 3.05) is 21.3 Å². The zero-order valence-electron chi connectivity index (χ0n) is 19.6. The summed E-state index contributed by atoms with van der Waals surface area (Å²) < 4.78 is 28.6. The van der Waals surface area contributed by atoms with Gasteiger partial charge >= 0.3 is 5.97 Å². The highest BCUT2D eigenvalue weighted by Crippen LogP contribution is 2.66. The Bertz CT molecular complexity index is 1100. The Morgan fingerprint density at radius 2 is 1.12 bits per heavy atom. The standard InChI is InChI=1S/C28H28O6/c1-30-22-13-7-19(8-14-22)27(20-9-15-23(31-2)16-10-20)28(34-27,26(29)33-25-5-4-6-25)21-11-17-24(32-3)18-12-21/h7-18,25H,4-6H2,1-3H3. The smallest absolute Gasteiger partial charge is 0.347 e. The van der Waals surface area contributed by atoms with Crippen molar-refractivity contribution >= 4 is 5.97 Å². The van der Waals surface area contributed by atoms with Crippen LogP contribution in [0, 0.1) is 0 Å². The SMILES string of the molecule is COc1ccc(C2(C(=O)OC3CCC3)OC2(c2ccc(OC)cc2)c2ccc(OC)cc2)cc1. The molecule has 1 unspecified atom stereocenters. The molecule has 1 aliphatic heterocycles. The summed E-state index contributed by atoms with van der Waals surface area (Å²) in [4.78, 5) is 13.9. The molecular weight excluding hydrogens is 432 g/mol. The molecular formula is C28H28O6. The maximum Gasteiger partial charge on any atom is 0.347 e. The fourth-order valence-corrected chi connectivity index (χ4v) is 4.66. The Kier molecular flexibility index (Phi) is 5.70. The molecule has 3 aromatic rings. The topological polar surface area (TPSA) is 66.5 Å². The van der Waals surface area contributed by atoms with Gasteiger partial charge in [-0.05, 0) is 72.4 Å². The van der Waals surface area contributed by atoms with E-state index in [-0.39, 0.29) is 12.1 Å².